The number of rotatable bonds is 5. The van der Waals surface area contributed by atoms with Crippen molar-refractivity contribution >= 4 is 5.91 Å². The van der Waals surface area contributed by atoms with Crippen molar-refractivity contribution in [2.45, 2.75) is 64.5 Å². The lowest BCUT2D eigenvalue weighted by Crippen LogP contribution is -2.51. The third-order valence-corrected chi connectivity index (χ3v) is 5.00. The van der Waals surface area contributed by atoms with Gasteiger partial charge in [0.2, 0.25) is 5.91 Å². The Kier molecular flexibility index (Phi) is 6.30. The summed E-state index contributed by atoms with van der Waals surface area (Å²) in [5, 5.41) is 6.71. The van der Waals surface area contributed by atoms with Gasteiger partial charge in [0, 0.05) is 18.6 Å². The van der Waals surface area contributed by atoms with Crippen LogP contribution >= 0.6 is 0 Å². The van der Waals surface area contributed by atoms with Crippen molar-refractivity contribution in [1.29, 1.82) is 0 Å². The largest absolute Gasteiger partial charge is 0.352 e. The molecule has 0 aromatic carbocycles. The molecule has 1 saturated heterocycles. The fourth-order valence-electron chi connectivity index (χ4n) is 3.61. The van der Waals surface area contributed by atoms with Crippen molar-refractivity contribution in [2.24, 2.45) is 5.92 Å². The summed E-state index contributed by atoms with van der Waals surface area (Å²) in [6, 6.07) is 0.933. The number of carbonyl (C=O) groups excluding carboxylic acids is 1. The number of hydrogen-bond acceptors (Lipinski definition) is 3. The fraction of sp³-hybridized carbons (Fsp3) is 0.938. The quantitative estimate of drug-likeness (QED) is 0.807. The van der Waals surface area contributed by atoms with Crippen molar-refractivity contribution in [3.8, 4) is 0 Å². The van der Waals surface area contributed by atoms with Gasteiger partial charge < -0.3 is 10.6 Å². The number of nitrogens with one attached hydrogen (secondary N) is 2. The summed E-state index contributed by atoms with van der Waals surface area (Å²) in [6.07, 6.45) is 7.44. The first kappa shape index (κ1) is 15.8. The first-order valence-corrected chi connectivity index (χ1v) is 8.44. The van der Waals surface area contributed by atoms with Crippen LogP contribution in [-0.4, -0.2) is 49.1 Å². The molecular weight excluding hydrogens is 250 g/mol. The zero-order chi connectivity index (χ0) is 14.4. The molecule has 20 heavy (non-hydrogen) atoms. The van der Waals surface area contributed by atoms with E-state index in [0.29, 0.717) is 24.5 Å². The van der Waals surface area contributed by atoms with Crippen molar-refractivity contribution in [2.75, 3.05) is 26.2 Å². The van der Waals surface area contributed by atoms with E-state index in [1.165, 1.54) is 32.1 Å². The zero-order valence-electron chi connectivity index (χ0n) is 13.2. The van der Waals surface area contributed by atoms with Crippen molar-refractivity contribution in [1.82, 2.24) is 15.5 Å². The summed E-state index contributed by atoms with van der Waals surface area (Å²) < 4.78 is 0. The summed E-state index contributed by atoms with van der Waals surface area (Å²) >= 11 is 0. The molecule has 1 aliphatic heterocycles. The van der Waals surface area contributed by atoms with Gasteiger partial charge >= 0.3 is 0 Å². The maximum absolute atomic E-state index is 12.3. The Labute approximate surface area is 123 Å². The molecule has 3 unspecified atom stereocenters. The second-order valence-electron chi connectivity index (χ2n) is 6.50. The van der Waals surface area contributed by atoms with Gasteiger partial charge in [-0.1, -0.05) is 26.7 Å². The third kappa shape index (κ3) is 4.45. The Morgan fingerprint density at radius 2 is 2.05 bits per heavy atom. The molecule has 0 aromatic heterocycles. The minimum absolute atomic E-state index is 0.219. The van der Waals surface area contributed by atoms with Crippen LogP contribution in [0.4, 0.5) is 0 Å². The molecule has 1 saturated carbocycles. The van der Waals surface area contributed by atoms with Crippen LogP contribution in [-0.2, 0) is 4.79 Å². The van der Waals surface area contributed by atoms with E-state index in [9.17, 15) is 4.79 Å². The van der Waals surface area contributed by atoms with Crippen LogP contribution in [0.1, 0.15) is 52.4 Å². The predicted molar refractivity (Wildman–Crippen MR) is 82.7 cm³/mol. The molecule has 2 fully saturated rings. The number of amides is 1. The minimum atomic E-state index is 0.219. The SMILES string of the molecule is CCN(CC(=O)NC1CCCCC1C)C1CCCNC1. The second-order valence-corrected chi connectivity index (χ2v) is 6.50. The molecule has 116 valence electrons. The predicted octanol–water partition coefficient (Wildman–Crippen LogP) is 1.76. The summed E-state index contributed by atoms with van der Waals surface area (Å²) in [6.45, 7) is 8.10. The summed E-state index contributed by atoms with van der Waals surface area (Å²) in [7, 11) is 0. The first-order chi connectivity index (χ1) is 9.70. The van der Waals surface area contributed by atoms with Gasteiger partial charge in [0.15, 0.2) is 0 Å². The first-order valence-electron chi connectivity index (χ1n) is 8.44. The lowest BCUT2D eigenvalue weighted by Gasteiger charge is -2.35. The van der Waals surface area contributed by atoms with E-state index in [1.54, 1.807) is 0 Å². The van der Waals surface area contributed by atoms with Crippen LogP contribution < -0.4 is 10.6 Å². The molecule has 1 amide bonds. The van der Waals surface area contributed by atoms with E-state index in [0.717, 1.165) is 26.1 Å². The summed E-state index contributed by atoms with van der Waals surface area (Å²) in [5.74, 6) is 0.857. The minimum Gasteiger partial charge on any atom is -0.352 e. The van der Waals surface area contributed by atoms with E-state index in [4.69, 9.17) is 0 Å². The maximum atomic E-state index is 12.3. The molecule has 0 radical (unpaired) electrons. The van der Waals surface area contributed by atoms with Gasteiger partial charge in [-0.25, -0.2) is 0 Å². The average Bonchev–Trinajstić information content (AvgIpc) is 2.48. The van der Waals surface area contributed by atoms with Gasteiger partial charge in [-0.15, -0.1) is 0 Å². The van der Waals surface area contributed by atoms with Gasteiger partial charge in [-0.2, -0.15) is 0 Å². The highest BCUT2D eigenvalue weighted by atomic mass is 16.2. The lowest BCUT2D eigenvalue weighted by atomic mass is 9.86. The van der Waals surface area contributed by atoms with E-state index in [-0.39, 0.29) is 5.91 Å². The number of likely N-dealkylation sites (N-methyl/N-ethyl adjacent to an activating group) is 1. The Morgan fingerprint density at radius 3 is 2.70 bits per heavy atom. The van der Waals surface area contributed by atoms with Crippen LogP contribution in [0, 0.1) is 5.92 Å². The normalized spacial score (nSPS) is 31.2. The maximum Gasteiger partial charge on any atom is 0.234 e. The Balaban J connectivity index is 1.79. The van der Waals surface area contributed by atoms with Crippen LogP contribution in [0.15, 0.2) is 0 Å². The smallest absolute Gasteiger partial charge is 0.234 e. The highest BCUT2D eigenvalue weighted by molar-refractivity contribution is 5.78. The molecule has 2 N–H and O–H groups in total. The molecule has 1 aliphatic carbocycles. The molecule has 2 aliphatic rings. The molecule has 1 heterocycles. The summed E-state index contributed by atoms with van der Waals surface area (Å²) in [5.41, 5.74) is 0. The van der Waals surface area contributed by atoms with Crippen molar-refractivity contribution < 1.29 is 4.79 Å². The fourth-order valence-corrected chi connectivity index (χ4v) is 3.61. The average molecular weight is 281 g/mol. The van der Waals surface area contributed by atoms with Crippen LogP contribution in [0.5, 0.6) is 0 Å². The zero-order valence-corrected chi connectivity index (χ0v) is 13.2. The molecule has 2 rings (SSSR count). The highest BCUT2D eigenvalue weighted by Crippen LogP contribution is 2.23. The van der Waals surface area contributed by atoms with Gasteiger partial charge in [0.05, 0.1) is 6.54 Å². The molecule has 0 aromatic rings. The molecule has 4 heteroatoms. The Hall–Kier alpha value is -0.610. The third-order valence-electron chi connectivity index (χ3n) is 5.00. The van der Waals surface area contributed by atoms with Gasteiger partial charge in [0.25, 0.3) is 0 Å². The number of hydrogen-bond donors (Lipinski definition) is 2. The van der Waals surface area contributed by atoms with E-state index in [1.807, 2.05) is 0 Å². The van der Waals surface area contributed by atoms with Crippen molar-refractivity contribution in [3.63, 3.8) is 0 Å². The van der Waals surface area contributed by atoms with Gasteiger partial charge in [-0.05, 0) is 44.7 Å². The van der Waals surface area contributed by atoms with Crippen LogP contribution in [0.2, 0.25) is 0 Å². The molecule has 0 spiro atoms. The highest BCUT2D eigenvalue weighted by Gasteiger charge is 2.25. The Morgan fingerprint density at radius 1 is 1.25 bits per heavy atom. The van der Waals surface area contributed by atoms with Crippen LogP contribution in [0.25, 0.3) is 0 Å². The standard InChI is InChI=1S/C16H31N3O/c1-3-19(14-8-6-10-17-11-14)12-16(20)18-15-9-5-4-7-13(15)2/h13-15,17H,3-12H2,1-2H3,(H,18,20). The molecule has 3 atom stereocenters. The number of carbonyl (C=O) groups is 1. The second kappa shape index (κ2) is 7.99. The monoisotopic (exact) mass is 281 g/mol. The molecular formula is C16H31N3O. The van der Waals surface area contributed by atoms with Crippen LogP contribution in [0.3, 0.4) is 0 Å². The lowest BCUT2D eigenvalue weighted by molar-refractivity contribution is -0.124. The summed E-state index contributed by atoms with van der Waals surface area (Å²) in [4.78, 5) is 14.6. The number of piperidine rings is 1. The van der Waals surface area contributed by atoms with Gasteiger partial charge in [0.1, 0.15) is 0 Å². The van der Waals surface area contributed by atoms with E-state index < -0.39 is 0 Å². The van der Waals surface area contributed by atoms with Gasteiger partial charge in [-0.3, -0.25) is 9.69 Å². The molecule has 0 bridgehead atoms. The van der Waals surface area contributed by atoms with Crippen molar-refractivity contribution in [3.05, 3.63) is 0 Å². The Bertz CT molecular complexity index is 302. The topological polar surface area (TPSA) is 44.4 Å². The number of nitrogens with zero attached hydrogens (tertiary/aromatic N) is 1. The van der Waals surface area contributed by atoms with E-state index >= 15 is 0 Å². The van der Waals surface area contributed by atoms with E-state index in [2.05, 4.69) is 29.4 Å². The molecule has 4 nitrogen and oxygen atoms in total.